The molecule has 1 heterocycles. The predicted molar refractivity (Wildman–Crippen MR) is 96.6 cm³/mol. The van der Waals surface area contributed by atoms with Crippen LogP contribution in [-0.4, -0.2) is 30.4 Å². The second-order valence-electron chi connectivity index (χ2n) is 5.68. The number of thioether (sulfide) groups is 1. The zero-order valence-corrected chi connectivity index (χ0v) is 14.4. The molecule has 2 aromatic carbocycles. The van der Waals surface area contributed by atoms with Crippen LogP contribution in [0.4, 0.5) is 0 Å². The summed E-state index contributed by atoms with van der Waals surface area (Å²) in [6.07, 6.45) is -0.157. The molecule has 0 aliphatic carbocycles. The lowest BCUT2D eigenvalue weighted by molar-refractivity contribution is -0.120. The van der Waals surface area contributed by atoms with Crippen LogP contribution in [0.2, 0.25) is 0 Å². The summed E-state index contributed by atoms with van der Waals surface area (Å²) in [5, 5.41) is 2.85. The molecule has 5 heteroatoms. The molecule has 0 saturated heterocycles. The quantitative estimate of drug-likeness (QED) is 0.874. The molecule has 0 radical (unpaired) electrons. The highest BCUT2D eigenvalue weighted by Crippen LogP contribution is 2.30. The summed E-state index contributed by atoms with van der Waals surface area (Å²) in [5.41, 5.74) is 1.22. The fourth-order valence-electron chi connectivity index (χ4n) is 2.39. The second kappa shape index (κ2) is 8.11. The molecule has 0 bridgehead atoms. The van der Waals surface area contributed by atoms with Crippen molar-refractivity contribution in [3.05, 3.63) is 60.2 Å². The first kappa shape index (κ1) is 16.7. The number of para-hydroxylation sites is 2. The van der Waals surface area contributed by atoms with E-state index < -0.39 is 0 Å². The topological polar surface area (TPSA) is 47.6 Å². The molecule has 1 aliphatic heterocycles. The van der Waals surface area contributed by atoms with Crippen LogP contribution in [0.1, 0.15) is 12.5 Å². The van der Waals surface area contributed by atoms with Crippen LogP contribution < -0.4 is 14.8 Å². The van der Waals surface area contributed by atoms with Crippen molar-refractivity contribution >= 4 is 17.7 Å². The smallest absolute Gasteiger partial charge is 0.232 e. The molecule has 0 fully saturated rings. The molecule has 2 atom stereocenters. The number of amides is 1. The van der Waals surface area contributed by atoms with E-state index in [0.717, 1.165) is 17.3 Å². The van der Waals surface area contributed by atoms with Gasteiger partial charge in [0.1, 0.15) is 12.7 Å². The van der Waals surface area contributed by atoms with E-state index in [1.165, 1.54) is 5.56 Å². The van der Waals surface area contributed by atoms with Crippen LogP contribution in [0.15, 0.2) is 54.6 Å². The molecule has 0 spiro atoms. The highest BCUT2D eigenvalue weighted by atomic mass is 32.2. The molecule has 1 N–H and O–H groups in total. The summed E-state index contributed by atoms with van der Waals surface area (Å²) in [5.74, 6) is 2.34. The van der Waals surface area contributed by atoms with E-state index in [4.69, 9.17) is 9.47 Å². The van der Waals surface area contributed by atoms with Crippen molar-refractivity contribution < 1.29 is 14.3 Å². The lowest BCUT2D eigenvalue weighted by Gasteiger charge is -2.26. The third kappa shape index (κ3) is 4.45. The molecule has 0 aromatic heterocycles. The van der Waals surface area contributed by atoms with Crippen LogP contribution in [0.25, 0.3) is 0 Å². The first-order valence-electron chi connectivity index (χ1n) is 8.04. The number of carbonyl (C=O) groups is 1. The monoisotopic (exact) mass is 343 g/mol. The van der Waals surface area contributed by atoms with E-state index in [-0.39, 0.29) is 17.3 Å². The highest BCUT2D eigenvalue weighted by Gasteiger charge is 2.22. The molecule has 24 heavy (non-hydrogen) atoms. The van der Waals surface area contributed by atoms with Gasteiger partial charge in [0.25, 0.3) is 0 Å². The van der Waals surface area contributed by atoms with Gasteiger partial charge in [-0.2, -0.15) is 0 Å². The number of benzene rings is 2. The maximum absolute atomic E-state index is 12.2. The highest BCUT2D eigenvalue weighted by molar-refractivity contribution is 7.99. The number of fused-ring (bicyclic) bond motifs is 1. The molecule has 126 valence electrons. The van der Waals surface area contributed by atoms with E-state index in [2.05, 4.69) is 17.4 Å². The fourth-order valence-corrected chi connectivity index (χ4v) is 3.26. The molecule has 2 aromatic rings. The van der Waals surface area contributed by atoms with Gasteiger partial charge < -0.3 is 14.8 Å². The average Bonchev–Trinajstić information content (AvgIpc) is 2.64. The molecule has 3 rings (SSSR count). The summed E-state index contributed by atoms with van der Waals surface area (Å²) in [6.45, 7) is 2.82. The van der Waals surface area contributed by atoms with Crippen molar-refractivity contribution in [3.63, 3.8) is 0 Å². The van der Waals surface area contributed by atoms with Crippen LogP contribution in [0.3, 0.4) is 0 Å². The van der Waals surface area contributed by atoms with Crippen molar-refractivity contribution in [1.29, 1.82) is 0 Å². The zero-order valence-electron chi connectivity index (χ0n) is 13.6. The van der Waals surface area contributed by atoms with Crippen LogP contribution in [0, 0.1) is 0 Å². The molecule has 0 unspecified atom stereocenters. The van der Waals surface area contributed by atoms with Gasteiger partial charge in [0.2, 0.25) is 5.91 Å². The van der Waals surface area contributed by atoms with Crippen molar-refractivity contribution in [2.45, 2.75) is 24.0 Å². The molecule has 4 nitrogen and oxygen atoms in total. The van der Waals surface area contributed by atoms with Gasteiger partial charge in [-0.1, -0.05) is 42.5 Å². The Hall–Kier alpha value is -2.14. The maximum Gasteiger partial charge on any atom is 0.232 e. The van der Waals surface area contributed by atoms with Crippen molar-refractivity contribution in [1.82, 2.24) is 5.32 Å². The summed E-state index contributed by atoms with van der Waals surface area (Å²) >= 11 is 1.63. The van der Waals surface area contributed by atoms with Gasteiger partial charge in [-0.25, -0.2) is 0 Å². The Labute approximate surface area is 146 Å². The van der Waals surface area contributed by atoms with E-state index in [0.29, 0.717) is 13.2 Å². The number of rotatable bonds is 6. The summed E-state index contributed by atoms with van der Waals surface area (Å²) < 4.78 is 11.5. The van der Waals surface area contributed by atoms with Gasteiger partial charge in [0.05, 0.1) is 11.8 Å². The van der Waals surface area contributed by atoms with Crippen LogP contribution >= 0.6 is 11.8 Å². The van der Waals surface area contributed by atoms with Crippen molar-refractivity contribution in [2.24, 2.45) is 0 Å². The molecule has 1 amide bonds. The summed E-state index contributed by atoms with van der Waals surface area (Å²) in [4.78, 5) is 12.2. The fraction of sp³-hybridized carbons (Fsp3) is 0.316. The minimum Gasteiger partial charge on any atom is -0.486 e. The Morgan fingerprint density at radius 3 is 2.67 bits per heavy atom. The largest absolute Gasteiger partial charge is 0.486 e. The Balaban J connectivity index is 1.42. The van der Waals surface area contributed by atoms with Crippen LogP contribution in [0.5, 0.6) is 11.5 Å². The van der Waals surface area contributed by atoms with E-state index in [1.807, 2.05) is 49.4 Å². The number of ether oxygens (including phenoxy) is 2. The predicted octanol–water partition coefficient (Wildman–Crippen LogP) is 3.26. The van der Waals surface area contributed by atoms with Crippen LogP contribution in [-0.2, 0) is 10.5 Å². The average molecular weight is 343 g/mol. The normalized spacial score (nSPS) is 17.1. The van der Waals surface area contributed by atoms with Crippen molar-refractivity contribution in [3.8, 4) is 11.5 Å². The van der Waals surface area contributed by atoms with Gasteiger partial charge in [0, 0.05) is 5.75 Å². The second-order valence-corrected chi connectivity index (χ2v) is 7.01. The summed E-state index contributed by atoms with van der Waals surface area (Å²) in [6, 6.07) is 17.7. The lowest BCUT2D eigenvalue weighted by Crippen LogP contribution is -2.42. The van der Waals surface area contributed by atoms with Gasteiger partial charge in [-0.05, 0) is 24.6 Å². The SMILES string of the molecule is C[C@H](SCc1ccccc1)C(=O)NC[C@@H]1COc2ccccc2O1. The number of nitrogens with one attached hydrogen (secondary N) is 1. The minimum absolute atomic E-state index is 0.0263. The van der Waals surface area contributed by atoms with Gasteiger partial charge in [0.15, 0.2) is 11.5 Å². The van der Waals surface area contributed by atoms with Gasteiger partial charge in [-0.3, -0.25) is 4.79 Å². The number of carbonyl (C=O) groups excluding carboxylic acids is 1. The minimum atomic E-state index is -0.157. The Bertz CT molecular complexity index is 677. The Kier molecular flexibility index (Phi) is 5.64. The number of hydrogen-bond donors (Lipinski definition) is 1. The first-order chi connectivity index (χ1) is 11.7. The standard InChI is InChI=1S/C19H21NO3S/c1-14(24-13-15-7-3-2-4-8-15)19(21)20-11-16-12-22-17-9-5-6-10-18(17)23-16/h2-10,14,16H,11-13H2,1H3,(H,20,21)/t14-,16+/m0/s1. The lowest BCUT2D eigenvalue weighted by atomic mass is 10.2. The van der Waals surface area contributed by atoms with E-state index in [1.54, 1.807) is 11.8 Å². The molecule has 0 saturated carbocycles. The Morgan fingerprint density at radius 2 is 1.88 bits per heavy atom. The number of hydrogen-bond acceptors (Lipinski definition) is 4. The molecular weight excluding hydrogens is 322 g/mol. The van der Waals surface area contributed by atoms with Gasteiger partial charge >= 0.3 is 0 Å². The molecule has 1 aliphatic rings. The molecular formula is C19H21NO3S. The first-order valence-corrected chi connectivity index (χ1v) is 9.09. The van der Waals surface area contributed by atoms with Crippen molar-refractivity contribution in [2.75, 3.05) is 13.2 Å². The van der Waals surface area contributed by atoms with Gasteiger partial charge in [-0.15, -0.1) is 11.8 Å². The maximum atomic E-state index is 12.2. The zero-order chi connectivity index (χ0) is 16.8. The van der Waals surface area contributed by atoms with E-state index in [9.17, 15) is 4.79 Å². The summed E-state index contributed by atoms with van der Waals surface area (Å²) in [7, 11) is 0. The Morgan fingerprint density at radius 1 is 1.17 bits per heavy atom. The third-order valence-corrected chi connectivity index (χ3v) is 5.00. The van der Waals surface area contributed by atoms with E-state index >= 15 is 0 Å². The third-order valence-electron chi connectivity index (χ3n) is 3.78.